The number of hydrogen-bond donors (Lipinski definition) is 0. The van der Waals surface area contributed by atoms with Gasteiger partial charge < -0.3 is 9.47 Å². The molecular formula is C16H24O2. The van der Waals surface area contributed by atoms with Crippen LogP contribution in [0.1, 0.15) is 45.2 Å². The van der Waals surface area contributed by atoms with Gasteiger partial charge in [0.15, 0.2) is 0 Å². The molecule has 0 bridgehead atoms. The van der Waals surface area contributed by atoms with E-state index in [0.29, 0.717) is 6.10 Å². The number of hydrogen-bond acceptors (Lipinski definition) is 2. The van der Waals surface area contributed by atoms with Crippen molar-refractivity contribution in [1.29, 1.82) is 0 Å². The van der Waals surface area contributed by atoms with E-state index in [0.717, 1.165) is 31.8 Å². The van der Waals surface area contributed by atoms with Gasteiger partial charge in [-0.3, -0.25) is 0 Å². The zero-order valence-corrected chi connectivity index (χ0v) is 12.0. The van der Waals surface area contributed by atoms with E-state index in [1.54, 1.807) is 0 Å². The third-order valence-electron chi connectivity index (χ3n) is 3.36. The van der Waals surface area contributed by atoms with Crippen LogP contribution < -0.4 is 4.74 Å². The second kappa shape index (κ2) is 5.31. The Morgan fingerprint density at radius 1 is 1.33 bits per heavy atom. The molecule has 2 rings (SSSR count). The molecule has 0 aliphatic carbocycles. The van der Waals surface area contributed by atoms with Crippen LogP contribution in [0.5, 0.6) is 5.75 Å². The summed E-state index contributed by atoms with van der Waals surface area (Å²) in [4.78, 5) is 0. The highest BCUT2D eigenvalue weighted by molar-refractivity contribution is 5.40. The van der Waals surface area contributed by atoms with E-state index in [1.165, 1.54) is 11.1 Å². The van der Waals surface area contributed by atoms with Crippen LogP contribution in [0.4, 0.5) is 0 Å². The van der Waals surface area contributed by atoms with Crippen molar-refractivity contribution in [3.05, 3.63) is 29.3 Å². The van der Waals surface area contributed by atoms with Crippen LogP contribution in [0.3, 0.4) is 0 Å². The van der Waals surface area contributed by atoms with Crippen molar-refractivity contribution in [1.82, 2.24) is 0 Å². The number of epoxide rings is 1. The molecule has 0 radical (unpaired) electrons. The van der Waals surface area contributed by atoms with E-state index in [-0.39, 0.29) is 5.41 Å². The van der Waals surface area contributed by atoms with Crippen molar-refractivity contribution in [2.45, 2.75) is 52.1 Å². The first kappa shape index (κ1) is 13.4. The Morgan fingerprint density at radius 3 is 2.61 bits per heavy atom. The van der Waals surface area contributed by atoms with Gasteiger partial charge in [-0.25, -0.2) is 0 Å². The Kier molecular flexibility index (Phi) is 3.96. The first-order chi connectivity index (χ1) is 8.50. The Balaban J connectivity index is 2.18. The Bertz CT molecular complexity index is 400. The van der Waals surface area contributed by atoms with Crippen LogP contribution in [0.15, 0.2) is 18.2 Å². The third kappa shape index (κ3) is 3.49. The number of benzene rings is 1. The Morgan fingerprint density at radius 2 is 2.06 bits per heavy atom. The predicted octanol–water partition coefficient (Wildman–Crippen LogP) is 3.71. The minimum Gasteiger partial charge on any atom is -0.494 e. The van der Waals surface area contributed by atoms with Crippen LogP contribution in [-0.2, 0) is 16.6 Å². The molecule has 1 fully saturated rings. The van der Waals surface area contributed by atoms with E-state index in [4.69, 9.17) is 9.47 Å². The van der Waals surface area contributed by atoms with Gasteiger partial charge in [0.1, 0.15) is 5.75 Å². The standard InChI is InChI=1S/C16H24O2/c1-5-17-15-9-7-13(16(2,3)4)10-12(15)6-8-14-11-18-14/h7,9-10,14H,5-6,8,11H2,1-4H3. The van der Waals surface area contributed by atoms with Crippen molar-refractivity contribution in [3.63, 3.8) is 0 Å². The van der Waals surface area contributed by atoms with Crippen molar-refractivity contribution in [2.24, 2.45) is 0 Å². The highest BCUT2D eigenvalue weighted by Crippen LogP contribution is 2.30. The molecule has 1 unspecified atom stereocenters. The zero-order valence-electron chi connectivity index (χ0n) is 12.0. The van der Waals surface area contributed by atoms with Gasteiger partial charge >= 0.3 is 0 Å². The summed E-state index contributed by atoms with van der Waals surface area (Å²) in [5.74, 6) is 1.03. The normalized spacial score (nSPS) is 18.8. The first-order valence-corrected chi connectivity index (χ1v) is 6.88. The fourth-order valence-corrected chi connectivity index (χ4v) is 2.09. The van der Waals surface area contributed by atoms with Crippen LogP contribution in [0.2, 0.25) is 0 Å². The molecule has 0 amide bonds. The van der Waals surface area contributed by atoms with Crippen molar-refractivity contribution in [3.8, 4) is 5.75 Å². The van der Waals surface area contributed by atoms with E-state index in [9.17, 15) is 0 Å². The summed E-state index contributed by atoms with van der Waals surface area (Å²) in [5, 5.41) is 0. The monoisotopic (exact) mass is 248 g/mol. The Hall–Kier alpha value is -1.02. The average molecular weight is 248 g/mol. The highest BCUT2D eigenvalue weighted by Gasteiger charge is 2.23. The van der Waals surface area contributed by atoms with Crippen LogP contribution in [0, 0.1) is 0 Å². The topological polar surface area (TPSA) is 21.8 Å². The molecule has 1 aromatic carbocycles. The smallest absolute Gasteiger partial charge is 0.122 e. The number of ether oxygens (including phenoxy) is 2. The molecule has 1 heterocycles. The van der Waals surface area contributed by atoms with Gasteiger partial charge in [-0.2, -0.15) is 0 Å². The summed E-state index contributed by atoms with van der Waals surface area (Å²) in [6.45, 7) is 10.4. The minimum absolute atomic E-state index is 0.190. The summed E-state index contributed by atoms with van der Waals surface area (Å²) in [6.07, 6.45) is 2.63. The maximum Gasteiger partial charge on any atom is 0.122 e. The van der Waals surface area contributed by atoms with Crippen LogP contribution in [0.25, 0.3) is 0 Å². The second-order valence-corrected chi connectivity index (χ2v) is 6.00. The number of aryl methyl sites for hydroxylation is 1. The molecule has 1 aliphatic rings. The molecule has 0 N–H and O–H groups in total. The van der Waals surface area contributed by atoms with Gasteiger partial charge in [0.2, 0.25) is 0 Å². The summed E-state index contributed by atoms with van der Waals surface area (Å²) in [5.41, 5.74) is 2.88. The second-order valence-electron chi connectivity index (χ2n) is 6.00. The quantitative estimate of drug-likeness (QED) is 0.741. The molecule has 0 aromatic heterocycles. The third-order valence-corrected chi connectivity index (χ3v) is 3.36. The van der Waals surface area contributed by atoms with Gasteiger partial charge in [-0.15, -0.1) is 0 Å². The molecule has 2 heteroatoms. The summed E-state index contributed by atoms with van der Waals surface area (Å²) in [7, 11) is 0. The van der Waals surface area contributed by atoms with E-state index >= 15 is 0 Å². The number of rotatable bonds is 5. The highest BCUT2D eigenvalue weighted by atomic mass is 16.6. The molecule has 0 saturated carbocycles. The van der Waals surface area contributed by atoms with Crippen LogP contribution in [-0.4, -0.2) is 19.3 Å². The van der Waals surface area contributed by atoms with E-state index in [2.05, 4.69) is 39.0 Å². The van der Waals surface area contributed by atoms with Gasteiger partial charge in [0, 0.05) is 0 Å². The average Bonchev–Trinajstić information content (AvgIpc) is 3.10. The van der Waals surface area contributed by atoms with E-state index in [1.807, 2.05) is 6.92 Å². The lowest BCUT2D eigenvalue weighted by Crippen LogP contribution is -2.12. The fourth-order valence-electron chi connectivity index (χ4n) is 2.09. The Labute approximate surface area is 110 Å². The summed E-state index contributed by atoms with van der Waals surface area (Å²) in [6, 6.07) is 6.60. The lowest BCUT2D eigenvalue weighted by molar-refractivity contribution is 0.334. The van der Waals surface area contributed by atoms with Gasteiger partial charge in [0.25, 0.3) is 0 Å². The lowest BCUT2D eigenvalue weighted by atomic mass is 9.85. The lowest BCUT2D eigenvalue weighted by Gasteiger charge is -2.21. The SMILES string of the molecule is CCOc1ccc(C(C)(C)C)cc1CCC1CO1. The largest absolute Gasteiger partial charge is 0.494 e. The minimum atomic E-state index is 0.190. The van der Waals surface area contributed by atoms with Crippen molar-refractivity contribution < 1.29 is 9.47 Å². The van der Waals surface area contributed by atoms with Gasteiger partial charge in [-0.1, -0.05) is 32.9 Å². The summed E-state index contributed by atoms with van der Waals surface area (Å²) < 4.78 is 11.0. The summed E-state index contributed by atoms with van der Waals surface area (Å²) >= 11 is 0. The first-order valence-electron chi connectivity index (χ1n) is 6.88. The predicted molar refractivity (Wildman–Crippen MR) is 74.4 cm³/mol. The zero-order chi connectivity index (χ0) is 13.2. The van der Waals surface area contributed by atoms with E-state index < -0.39 is 0 Å². The molecule has 100 valence electrons. The molecule has 0 spiro atoms. The van der Waals surface area contributed by atoms with Crippen LogP contribution >= 0.6 is 0 Å². The van der Waals surface area contributed by atoms with Gasteiger partial charge in [0.05, 0.1) is 19.3 Å². The van der Waals surface area contributed by atoms with Gasteiger partial charge in [-0.05, 0) is 42.4 Å². The fraction of sp³-hybridized carbons (Fsp3) is 0.625. The van der Waals surface area contributed by atoms with Crippen molar-refractivity contribution >= 4 is 0 Å². The molecule has 1 aromatic rings. The van der Waals surface area contributed by atoms with Crippen molar-refractivity contribution in [2.75, 3.05) is 13.2 Å². The molecule has 18 heavy (non-hydrogen) atoms. The maximum atomic E-state index is 5.72. The molecule has 1 atom stereocenters. The molecule has 2 nitrogen and oxygen atoms in total. The molecule has 1 aliphatic heterocycles. The molecular weight excluding hydrogens is 224 g/mol. The maximum absolute atomic E-state index is 5.72. The molecule has 1 saturated heterocycles.